The Morgan fingerprint density at radius 3 is 2.53 bits per heavy atom. The first-order valence-electron chi connectivity index (χ1n) is 9.90. The SMILES string of the molecule is CC(C)CNC(=O)[C@@H](C)N(Cc1cccc(Br)c1)C(=O)CSCc1ccccc1F. The highest BCUT2D eigenvalue weighted by Gasteiger charge is 2.26. The Bertz CT molecular complexity index is 863. The Morgan fingerprint density at radius 1 is 1.13 bits per heavy atom. The van der Waals surface area contributed by atoms with Crippen molar-refractivity contribution in [2.75, 3.05) is 12.3 Å². The zero-order valence-electron chi connectivity index (χ0n) is 17.5. The minimum absolute atomic E-state index is 0.150. The van der Waals surface area contributed by atoms with Crippen LogP contribution in [0.25, 0.3) is 0 Å². The van der Waals surface area contributed by atoms with E-state index in [9.17, 15) is 14.0 Å². The van der Waals surface area contributed by atoms with Gasteiger partial charge in [0.15, 0.2) is 0 Å². The maximum Gasteiger partial charge on any atom is 0.242 e. The third kappa shape index (κ3) is 7.76. The monoisotopic (exact) mass is 494 g/mol. The molecule has 30 heavy (non-hydrogen) atoms. The fourth-order valence-electron chi connectivity index (χ4n) is 2.81. The Labute approximate surface area is 190 Å². The van der Waals surface area contributed by atoms with Crippen LogP contribution in [0.4, 0.5) is 4.39 Å². The number of benzene rings is 2. The summed E-state index contributed by atoms with van der Waals surface area (Å²) in [7, 11) is 0. The molecule has 4 nitrogen and oxygen atoms in total. The van der Waals surface area contributed by atoms with Gasteiger partial charge in [0.2, 0.25) is 11.8 Å². The van der Waals surface area contributed by atoms with Gasteiger partial charge in [-0.1, -0.05) is 60.1 Å². The molecule has 0 saturated carbocycles. The Kier molecular flexibility index (Phi) is 9.85. The second-order valence-corrected chi connectivity index (χ2v) is 9.45. The van der Waals surface area contributed by atoms with Crippen LogP contribution >= 0.6 is 27.7 Å². The highest BCUT2D eigenvalue weighted by atomic mass is 79.9. The van der Waals surface area contributed by atoms with Crippen molar-refractivity contribution in [3.05, 3.63) is 69.9 Å². The molecule has 0 fully saturated rings. The lowest BCUT2D eigenvalue weighted by atomic mass is 10.1. The molecule has 2 aromatic carbocycles. The van der Waals surface area contributed by atoms with Crippen LogP contribution in [0.15, 0.2) is 53.0 Å². The molecule has 0 aliphatic rings. The van der Waals surface area contributed by atoms with Crippen LogP contribution in [0.3, 0.4) is 0 Å². The molecule has 0 heterocycles. The van der Waals surface area contributed by atoms with E-state index in [1.165, 1.54) is 17.8 Å². The number of hydrogen-bond donors (Lipinski definition) is 1. The van der Waals surface area contributed by atoms with Crippen molar-refractivity contribution in [2.45, 2.75) is 39.1 Å². The van der Waals surface area contributed by atoms with Gasteiger partial charge >= 0.3 is 0 Å². The standard InChI is InChI=1S/C23H28BrFN2O2S/c1-16(2)12-26-23(29)17(3)27(13-18-7-6-9-20(24)11-18)22(28)15-30-14-19-8-4-5-10-21(19)25/h4-11,16-17H,12-15H2,1-3H3,(H,26,29)/t17-/m1/s1. The highest BCUT2D eigenvalue weighted by Crippen LogP contribution is 2.19. The van der Waals surface area contributed by atoms with Crippen molar-refractivity contribution in [3.63, 3.8) is 0 Å². The topological polar surface area (TPSA) is 49.4 Å². The van der Waals surface area contributed by atoms with E-state index in [2.05, 4.69) is 21.2 Å². The molecule has 0 aliphatic carbocycles. The van der Waals surface area contributed by atoms with Crippen LogP contribution in [-0.4, -0.2) is 35.1 Å². The molecule has 0 spiro atoms. The molecule has 2 rings (SSSR count). The zero-order valence-corrected chi connectivity index (χ0v) is 19.9. The van der Waals surface area contributed by atoms with Gasteiger partial charge in [-0.15, -0.1) is 11.8 Å². The van der Waals surface area contributed by atoms with Crippen molar-refractivity contribution >= 4 is 39.5 Å². The molecule has 0 bridgehead atoms. The second-order valence-electron chi connectivity index (χ2n) is 7.55. The van der Waals surface area contributed by atoms with Crippen LogP contribution in [0, 0.1) is 11.7 Å². The summed E-state index contributed by atoms with van der Waals surface area (Å²) >= 11 is 4.79. The number of hydrogen-bond acceptors (Lipinski definition) is 3. The summed E-state index contributed by atoms with van der Waals surface area (Å²) in [6, 6.07) is 13.6. The first-order valence-corrected chi connectivity index (χ1v) is 11.9. The number of nitrogens with zero attached hydrogens (tertiary/aromatic N) is 1. The number of amides is 2. The normalized spacial score (nSPS) is 11.9. The molecule has 7 heteroatoms. The van der Waals surface area contributed by atoms with Crippen molar-refractivity contribution in [1.82, 2.24) is 10.2 Å². The van der Waals surface area contributed by atoms with Crippen LogP contribution in [-0.2, 0) is 21.9 Å². The third-order valence-electron chi connectivity index (χ3n) is 4.53. The quantitative estimate of drug-likeness (QED) is 0.504. The molecule has 162 valence electrons. The first kappa shape index (κ1) is 24.4. The van der Waals surface area contributed by atoms with Gasteiger partial charge in [0.1, 0.15) is 11.9 Å². The summed E-state index contributed by atoms with van der Waals surface area (Å²) in [5.41, 5.74) is 1.50. The predicted molar refractivity (Wildman–Crippen MR) is 125 cm³/mol. The summed E-state index contributed by atoms with van der Waals surface area (Å²) in [6.07, 6.45) is 0. The lowest BCUT2D eigenvalue weighted by Crippen LogP contribution is -2.48. The summed E-state index contributed by atoms with van der Waals surface area (Å²) in [5.74, 6) is 0.299. The maximum atomic E-state index is 13.8. The van der Waals surface area contributed by atoms with Gasteiger partial charge in [-0.05, 0) is 42.2 Å². The molecule has 0 unspecified atom stereocenters. The molecule has 2 amide bonds. The van der Waals surface area contributed by atoms with Gasteiger partial charge in [0.05, 0.1) is 5.75 Å². The largest absolute Gasteiger partial charge is 0.354 e. The molecule has 0 aromatic heterocycles. The van der Waals surface area contributed by atoms with Crippen molar-refractivity contribution < 1.29 is 14.0 Å². The van der Waals surface area contributed by atoms with E-state index >= 15 is 0 Å². The minimum Gasteiger partial charge on any atom is -0.354 e. The zero-order chi connectivity index (χ0) is 22.1. The van der Waals surface area contributed by atoms with Gasteiger partial charge in [-0.3, -0.25) is 9.59 Å². The Hall–Kier alpha value is -1.86. The first-order chi connectivity index (χ1) is 14.3. The average Bonchev–Trinajstić information content (AvgIpc) is 2.71. The third-order valence-corrected chi connectivity index (χ3v) is 5.99. The van der Waals surface area contributed by atoms with E-state index in [1.54, 1.807) is 30.0 Å². The van der Waals surface area contributed by atoms with E-state index < -0.39 is 6.04 Å². The van der Waals surface area contributed by atoms with Crippen molar-refractivity contribution in [2.24, 2.45) is 5.92 Å². The second kappa shape index (κ2) is 12.1. The fraction of sp³-hybridized carbons (Fsp3) is 0.391. The van der Waals surface area contributed by atoms with E-state index in [0.717, 1.165) is 10.0 Å². The van der Waals surface area contributed by atoms with Gasteiger partial charge in [0, 0.05) is 23.3 Å². The number of halogens is 2. The smallest absolute Gasteiger partial charge is 0.242 e. The number of thioether (sulfide) groups is 1. The average molecular weight is 495 g/mol. The molecule has 2 aromatic rings. The van der Waals surface area contributed by atoms with E-state index in [1.807, 2.05) is 38.1 Å². The summed E-state index contributed by atoms with van der Waals surface area (Å²) in [4.78, 5) is 27.2. The summed E-state index contributed by atoms with van der Waals surface area (Å²) in [6.45, 7) is 6.68. The molecule has 0 radical (unpaired) electrons. The Morgan fingerprint density at radius 2 is 1.87 bits per heavy atom. The van der Waals surface area contributed by atoms with Gasteiger partial charge in [-0.25, -0.2) is 4.39 Å². The van der Waals surface area contributed by atoms with Crippen molar-refractivity contribution in [1.29, 1.82) is 0 Å². The molecule has 1 atom stereocenters. The minimum atomic E-state index is -0.607. The van der Waals surface area contributed by atoms with E-state index in [4.69, 9.17) is 0 Å². The van der Waals surface area contributed by atoms with E-state index in [-0.39, 0.29) is 23.4 Å². The Balaban J connectivity index is 2.07. The number of carbonyl (C=O) groups is 2. The van der Waals surface area contributed by atoms with Gasteiger partial charge in [0.25, 0.3) is 0 Å². The maximum absolute atomic E-state index is 13.8. The molecule has 1 N–H and O–H groups in total. The van der Waals surface area contributed by atoms with Crippen LogP contribution in [0.5, 0.6) is 0 Å². The number of nitrogens with one attached hydrogen (secondary N) is 1. The van der Waals surface area contributed by atoms with Crippen molar-refractivity contribution in [3.8, 4) is 0 Å². The van der Waals surface area contributed by atoms with Crippen LogP contribution < -0.4 is 5.32 Å². The number of rotatable bonds is 10. The van der Waals surface area contributed by atoms with Gasteiger partial charge in [-0.2, -0.15) is 0 Å². The fourth-order valence-corrected chi connectivity index (χ4v) is 4.16. The molecular weight excluding hydrogens is 467 g/mol. The molecular formula is C23H28BrFN2O2S. The summed E-state index contributed by atoms with van der Waals surface area (Å²) < 4.78 is 14.7. The lowest BCUT2D eigenvalue weighted by Gasteiger charge is -2.29. The van der Waals surface area contributed by atoms with Gasteiger partial charge < -0.3 is 10.2 Å². The van der Waals surface area contributed by atoms with Crippen LogP contribution in [0.2, 0.25) is 0 Å². The summed E-state index contributed by atoms with van der Waals surface area (Å²) in [5, 5.41) is 2.91. The molecule has 0 aliphatic heterocycles. The van der Waals surface area contributed by atoms with E-state index in [0.29, 0.717) is 30.3 Å². The highest BCUT2D eigenvalue weighted by molar-refractivity contribution is 9.10. The molecule has 0 saturated heterocycles. The predicted octanol–water partition coefficient (Wildman–Crippen LogP) is 5.01. The van der Waals surface area contributed by atoms with Crippen LogP contribution in [0.1, 0.15) is 31.9 Å². The number of carbonyl (C=O) groups excluding carboxylic acids is 2. The lowest BCUT2D eigenvalue weighted by molar-refractivity contribution is -0.138.